The predicted molar refractivity (Wildman–Crippen MR) is 107 cm³/mol. The van der Waals surface area contributed by atoms with Crippen molar-refractivity contribution in [2.24, 2.45) is 0 Å². The topological polar surface area (TPSA) is 136 Å². The van der Waals surface area contributed by atoms with Crippen molar-refractivity contribution in [3.05, 3.63) is 58.1 Å². The normalized spacial score (nSPS) is 15.9. The van der Waals surface area contributed by atoms with Gasteiger partial charge in [0.1, 0.15) is 12.3 Å². The Morgan fingerprint density at radius 1 is 1.23 bits per heavy atom. The summed E-state index contributed by atoms with van der Waals surface area (Å²) in [7, 11) is -4.14. The summed E-state index contributed by atoms with van der Waals surface area (Å²) in [5.74, 6) is -1.35. The minimum atomic E-state index is -4.14. The highest BCUT2D eigenvalue weighted by Crippen LogP contribution is 2.37. The van der Waals surface area contributed by atoms with Gasteiger partial charge in [0.25, 0.3) is 27.5 Å². The molecule has 0 saturated carbocycles. The van der Waals surface area contributed by atoms with E-state index in [4.69, 9.17) is 4.74 Å². The Labute approximate surface area is 172 Å². The number of non-ortho nitro benzene ring substituents is 1. The molecule has 1 atom stereocenters. The Balaban J connectivity index is 1.88. The highest BCUT2D eigenvalue weighted by molar-refractivity contribution is 7.90. The SMILES string of the molecule is CCC1Oc2ccc([N+](=O)[O-])cc2N(CC(=O)NS(=O)(=O)c2ccc(C)cc2)C1=O. The summed E-state index contributed by atoms with van der Waals surface area (Å²) in [6, 6.07) is 9.57. The van der Waals surface area contributed by atoms with Crippen LogP contribution in [0.5, 0.6) is 5.75 Å². The van der Waals surface area contributed by atoms with E-state index in [2.05, 4.69) is 0 Å². The lowest BCUT2D eigenvalue weighted by Crippen LogP contribution is -2.50. The minimum absolute atomic E-state index is 0.0294. The van der Waals surface area contributed by atoms with Gasteiger partial charge in [-0.15, -0.1) is 0 Å². The molecule has 30 heavy (non-hydrogen) atoms. The molecule has 10 nitrogen and oxygen atoms in total. The molecule has 0 bridgehead atoms. The van der Waals surface area contributed by atoms with Crippen molar-refractivity contribution in [2.45, 2.75) is 31.3 Å². The zero-order valence-electron chi connectivity index (χ0n) is 16.2. The van der Waals surface area contributed by atoms with E-state index in [1.807, 2.05) is 4.72 Å². The highest BCUT2D eigenvalue weighted by Gasteiger charge is 2.36. The summed E-state index contributed by atoms with van der Waals surface area (Å²) in [6.45, 7) is 2.86. The minimum Gasteiger partial charge on any atom is -0.478 e. The molecule has 0 aromatic heterocycles. The second-order valence-electron chi connectivity index (χ2n) is 6.69. The van der Waals surface area contributed by atoms with Gasteiger partial charge in [-0.3, -0.25) is 24.6 Å². The number of fused-ring (bicyclic) bond motifs is 1. The fourth-order valence-corrected chi connectivity index (χ4v) is 3.93. The second-order valence-corrected chi connectivity index (χ2v) is 8.37. The summed E-state index contributed by atoms with van der Waals surface area (Å²) in [4.78, 5) is 36.5. The van der Waals surface area contributed by atoms with Crippen molar-refractivity contribution in [3.8, 4) is 5.75 Å². The Bertz CT molecular complexity index is 1110. The molecule has 0 spiro atoms. The van der Waals surface area contributed by atoms with Crippen LogP contribution in [0.4, 0.5) is 11.4 Å². The highest BCUT2D eigenvalue weighted by atomic mass is 32.2. The van der Waals surface area contributed by atoms with Gasteiger partial charge >= 0.3 is 0 Å². The molecular weight excluding hydrogens is 414 g/mol. The van der Waals surface area contributed by atoms with Crippen LogP contribution >= 0.6 is 0 Å². The van der Waals surface area contributed by atoms with Crippen LogP contribution in [0.1, 0.15) is 18.9 Å². The third-order valence-electron chi connectivity index (χ3n) is 4.51. The number of nitro benzene ring substituents is 1. The Hall–Kier alpha value is -3.47. The van der Waals surface area contributed by atoms with Gasteiger partial charge in [0.05, 0.1) is 15.5 Å². The Kier molecular flexibility index (Phi) is 5.74. The first-order valence-corrected chi connectivity index (χ1v) is 10.5. The lowest BCUT2D eigenvalue weighted by Gasteiger charge is -2.33. The van der Waals surface area contributed by atoms with E-state index in [9.17, 15) is 28.1 Å². The molecule has 0 fully saturated rings. The van der Waals surface area contributed by atoms with Crippen molar-refractivity contribution in [2.75, 3.05) is 11.4 Å². The van der Waals surface area contributed by atoms with Gasteiger partial charge in [0.2, 0.25) is 0 Å². The van der Waals surface area contributed by atoms with Gasteiger partial charge in [-0.25, -0.2) is 13.1 Å². The number of nitro groups is 1. The lowest BCUT2D eigenvalue weighted by atomic mass is 10.1. The fraction of sp³-hybridized carbons (Fsp3) is 0.263. The van der Waals surface area contributed by atoms with Gasteiger partial charge in [-0.2, -0.15) is 0 Å². The lowest BCUT2D eigenvalue weighted by molar-refractivity contribution is -0.384. The monoisotopic (exact) mass is 433 g/mol. The van der Waals surface area contributed by atoms with Crippen LogP contribution in [0.3, 0.4) is 0 Å². The number of nitrogens with zero attached hydrogens (tertiary/aromatic N) is 2. The molecule has 1 aliphatic rings. The number of ether oxygens (including phenoxy) is 1. The molecule has 1 unspecified atom stereocenters. The van der Waals surface area contributed by atoms with E-state index in [-0.39, 0.29) is 22.0 Å². The van der Waals surface area contributed by atoms with Crippen LogP contribution in [-0.2, 0) is 19.6 Å². The summed E-state index contributed by atoms with van der Waals surface area (Å²) in [5, 5.41) is 11.1. The van der Waals surface area contributed by atoms with E-state index < -0.39 is 39.4 Å². The van der Waals surface area contributed by atoms with Crippen molar-refractivity contribution in [1.29, 1.82) is 0 Å². The smallest absolute Gasteiger partial charge is 0.271 e. The molecule has 1 N–H and O–H groups in total. The van der Waals surface area contributed by atoms with E-state index >= 15 is 0 Å². The van der Waals surface area contributed by atoms with Crippen LogP contribution < -0.4 is 14.4 Å². The molecule has 0 aliphatic carbocycles. The third kappa shape index (κ3) is 4.25. The molecule has 1 aliphatic heterocycles. The number of amides is 2. The van der Waals surface area contributed by atoms with E-state index in [0.717, 1.165) is 16.5 Å². The number of nitrogens with one attached hydrogen (secondary N) is 1. The van der Waals surface area contributed by atoms with Crippen LogP contribution in [0.25, 0.3) is 0 Å². The number of aryl methyl sites for hydroxylation is 1. The first-order valence-electron chi connectivity index (χ1n) is 9.01. The molecular formula is C19H19N3O7S. The Morgan fingerprint density at radius 2 is 1.90 bits per heavy atom. The second kappa shape index (κ2) is 8.11. The number of hydrogen-bond donors (Lipinski definition) is 1. The Morgan fingerprint density at radius 3 is 2.50 bits per heavy atom. The fourth-order valence-electron chi connectivity index (χ4n) is 2.95. The molecule has 0 radical (unpaired) electrons. The molecule has 2 aromatic carbocycles. The first kappa shape index (κ1) is 21.2. The molecule has 2 aromatic rings. The summed E-state index contributed by atoms with van der Waals surface area (Å²) < 4.78 is 32.4. The summed E-state index contributed by atoms with van der Waals surface area (Å²) in [5.41, 5.74) is 0.586. The van der Waals surface area contributed by atoms with Gasteiger partial charge in [-0.1, -0.05) is 24.6 Å². The maximum absolute atomic E-state index is 12.7. The quantitative estimate of drug-likeness (QED) is 0.543. The number of sulfonamides is 1. The van der Waals surface area contributed by atoms with Crippen molar-refractivity contribution in [3.63, 3.8) is 0 Å². The predicted octanol–water partition coefficient (Wildman–Crippen LogP) is 1.91. The van der Waals surface area contributed by atoms with Gasteiger partial charge in [0, 0.05) is 12.1 Å². The summed E-state index contributed by atoms with van der Waals surface area (Å²) in [6.07, 6.45) is -0.588. The zero-order chi connectivity index (χ0) is 22.1. The molecule has 2 amide bonds. The van der Waals surface area contributed by atoms with Crippen LogP contribution in [-0.4, -0.2) is 37.8 Å². The molecule has 1 heterocycles. The van der Waals surface area contributed by atoms with Gasteiger partial charge in [0.15, 0.2) is 6.10 Å². The zero-order valence-corrected chi connectivity index (χ0v) is 17.0. The van der Waals surface area contributed by atoms with Gasteiger partial charge < -0.3 is 4.74 Å². The molecule has 11 heteroatoms. The summed E-state index contributed by atoms with van der Waals surface area (Å²) >= 11 is 0. The van der Waals surface area contributed by atoms with Crippen molar-refractivity contribution >= 4 is 33.2 Å². The molecule has 0 saturated heterocycles. The van der Waals surface area contributed by atoms with Crippen molar-refractivity contribution in [1.82, 2.24) is 4.72 Å². The third-order valence-corrected chi connectivity index (χ3v) is 5.90. The van der Waals surface area contributed by atoms with E-state index in [0.29, 0.717) is 6.42 Å². The standard InChI is InChI=1S/C19H19N3O7S/c1-3-16-19(24)21(15-10-13(22(25)26)6-9-17(15)29-16)11-18(23)20-30(27,28)14-7-4-12(2)5-8-14/h4-10,16H,3,11H2,1-2H3,(H,20,23). The average molecular weight is 433 g/mol. The van der Waals surface area contributed by atoms with E-state index in [1.54, 1.807) is 26.0 Å². The number of anilines is 1. The maximum atomic E-state index is 12.7. The van der Waals surface area contributed by atoms with Crippen molar-refractivity contribution < 1.29 is 27.7 Å². The largest absolute Gasteiger partial charge is 0.478 e. The van der Waals surface area contributed by atoms with Crippen LogP contribution in [0.2, 0.25) is 0 Å². The number of hydrogen-bond acceptors (Lipinski definition) is 7. The maximum Gasteiger partial charge on any atom is 0.271 e. The van der Waals surface area contributed by atoms with E-state index in [1.165, 1.54) is 24.3 Å². The van der Waals surface area contributed by atoms with Crippen LogP contribution in [0.15, 0.2) is 47.4 Å². The number of carbonyl (C=O) groups is 2. The first-order chi connectivity index (χ1) is 14.1. The number of carbonyl (C=O) groups excluding carboxylic acids is 2. The van der Waals surface area contributed by atoms with Gasteiger partial charge in [-0.05, 0) is 31.5 Å². The van der Waals surface area contributed by atoms with Crippen LogP contribution in [0, 0.1) is 17.0 Å². The number of benzene rings is 2. The number of rotatable bonds is 6. The average Bonchev–Trinajstić information content (AvgIpc) is 2.69. The molecule has 3 rings (SSSR count). The molecule has 158 valence electrons.